The average molecular weight is 316 g/mol. The van der Waals surface area contributed by atoms with Crippen LogP contribution in [0, 0.1) is 0 Å². The zero-order chi connectivity index (χ0) is 16.8. The number of ether oxygens (including phenoxy) is 1. The number of alkyl carbamates (subject to hydrolysis) is 1. The molecule has 0 aliphatic carbocycles. The first-order valence-electron chi connectivity index (χ1n) is 7.91. The molecule has 0 saturated heterocycles. The predicted octanol–water partition coefficient (Wildman–Crippen LogP) is 2.18. The van der Waals surface area contributed by atoms with Crippen LogP contribution in [-0.4, -0.2) is 35.7 Å². The number of carboxylic acid groups (broad SMARTS) is 1. The van der Waals surface area contributed by atoms with E-state index >= 15 is 0 Å². The molecule has 0 aromatic carbocycles. The van der Waals surface area contributed by atoms with Crippen molar-refractivity contribution in [3.05, 3.63) is 0 Å². The molecular weight excluding hydrogens is 288 g/mol. The molecule has 0 fully saturated rings. The highest BCUT2D eigenvalue weighted by Gasteiger charge is 2.22. The first-order valence-corrected chi connectivity index (χ1v) is 7.91. The van der Waals surface area contributed by atoms with Crippen LogP contribution in [0.25, 0.3) is 0 Å². The smallest absolute Gasteiger partial charge is 0.407 e. The first-order chi connectivity index (χ1) is 10.5. The molecular formula is C15H28N2O5. The molecule has 128 valence electrons. The van der Waals surface area contributed by atoms with E-state index in [0.29, 0.717) is 0 Å². The van der Waals surface area contributed by atoms with Gasteiger partial charge in [0, 0.05) is 0 Å². The number of carbonyl (C=O) groups is 3. The molecule has 0 unspecified atom stereocenters. The minimum atomic E-state index is -1.34. The minimum absolute atomic E-state index is 0.240. The molecule has 0 spiro atoms. The highest BCUT2D eigenvalue weighted by Crippen LogP contribution is 2.08. The first kappa shape index (κ1) is 20.2. The van der Waals surface area contributed by atoms with E-state index in [1.165, 1.54) is 32.1 Å². The van der Waals surface area contributed by atoms with Gasteiger partial charge in [-0.3, -0.25) is 4.79 Å². The number of nitrogens with one attached hydrogen (secondary N) is 1. The number of nitrogens with two attached hydrogens (primary N) is 1. The van der Waals surface area contributed by atoms with Gasteiger partial charge in [-0.1, -0.05) is 51.9 Å². The molecule has 7 heteroatoms. The van der Waals surface area contributed by atoms with Gasteiger partial charge in [-0.25, -0.2) is 9.59 Å². The van der Waals surface area contributed by atoms with Crippen LogP contribution >= 0.6 is 0 Å². The van der Waals surface area contributed by atoms with E-state index in [9.17, 15) is 14.4 Å². The zero-order valence-electron chi connectivity index (χ0n) is 13.3. The second kappa shape index (κ2) is 12.9. The number of carboxylic acids is 1. The maximum atomic E-state index is 11.4. The molecule has 0 radical (unpaired) electrons. The SMILES string of the molecule is CCCCCCCCCCOC(=O)N[C@@H](CC(N)=O)C(=O)O. The van der Waals surface area contributed by atoms with E-state index in [1.807, 2.05) is 0 Å². The van der Waals surface area contributed by atoms with Gasteiger partial charge in [0.05, 0.1) is 13.0 Å². The Bertz CT molecular complexity index is 347. The van der Waals surface area contributed by atoms with Gasteiger partial charge in [0.25, 0.3) is 0 Å². The van der Waals surface area contributed by atoms with E-state index in [2.05, 4.69) is 12.2 Å². The molecule has 0 aromatic rings. The molecule has 7 nitrogen and oxygen atoms in total. The summed E-state index contributed by atoms with van der Waals surface area (Å²) in [5, 5.41) is 10.9. The molecule has 0 heterocycles. The van der Waals surface area contributed by atoms with E-state index in [1.54, 1.807) is 0 Å². The summed E-state index contributed by atoms with van der Waals surface area (Å²) in [5.74, 6) is -2.11. The monoisotopic (exact) mass is 316 g/mol. The number of rotatable bonds is 13. The number of hydrogen-bond acceptors (Lipinski definition) is 4. The van der Waals surface area contributed by atoms with Crippen molar-refractivity contribution in [1.29, 1.82) is 0 Å². The summed E-state index contributed by atoms with van der Waals surface area (Å²) in [6.45, 7) is 2.42. The van der Waals surface area contributed by atoms with Gasteiger partial charge in [0.15, 0.2) is 0 Å². The fourth-order valence-electron chi connectivity index (χ4n) is 1.99. The van der Waals surface area contributed by atoms with Crippen molar-refractivity contribution in [1.82, 2.24) is 5.32 Å². The van der Waals surface area contributed by atoms with Crippen molar-refractivity contribution in [2.75, 3.05) is 6.61 Å². The summed E-state index contributed by atoms with van der Waals surface area (Å²) in [7, 11) is 0. The third-order valence-corrected chi connectivity index (χ3v) is 3.23. The third kappa shape index (κ3) is 12.0. The van der Waals surface area contributed by atoms with E-state index in [4.69, 9.17) is 15.6 Å². The standard InChI is InChI=1S/C15H28N2O5/c1-2-3-4-5-6-7-8-9-10-22-15(21)17-12(14(19)20)11-13(16)18/h12H,2-11H2,1H3,(H2,16,18)(H,17,21)(H,19,20)/t12-/m0/s1. The van der Waals surface area contributed by atoms with Crippen LogP contribution in [0.3, 0.4) is 0 Å². The van der Waals surface area contributed by atoms with Crippen molar-refractivity contribution in [3.8, 4) is 0 Å². The van der Waals surface area contributed by atoms with Gasteiger partial charge < -0.3 is 20.9 Å². The summed E-state index contributed by atoms with van der Waals surface area (Å²) < 4.78 is 4.88. The van der Waals surface area contributed by atoms with E-state index in [-0.39, 0.29) is 6.61 Å². The van der Waals surface area contributed by atoms with Crippen LogP contribution in [0.15, 0.2) is 0 Å². The Labute approximate surface area is 131 Å². The van der Waals surface area contributed by atoms with E-state index < -0.39 is 30.4 Å². The second-order valence-electron chi connectivity index (χ2n) is 5.32. The lowest BCUT2D eigenvalue weighted by Crippen LogP contribution is -2.43. The molecule has 0 saturated carbocycles. The normalized spacial score (nSPS) is 11.7. The van der Waals surface area contributed by atoms with Gasteiger partial charge in [-0.2, -0.15) is 0 Å². The fraction of sp³-hybridized carbons (Fsp3) is 0.800. The molecule has 0 bridgehead atoms. The van der Waals surface area contributed by atoms with Crippen molar-refractivity contribution in [3.63, 3.8) is 0 Å². The molecule has 2 amide bonds. The summed E-state index contributed by atoms with van der Waals surface area (Å²) in [4.78, 5) is 32.9. The molecule has 0 rings (SSSR count). The molecule has 0 aliphatic heterocycles. The minimum Gasteiger partial charge on any atom is -0.480 e. The fourth-order valence-corrected chi connectivity index (χ4v) is 1.99. The molecule has 0 aliphatic rings. The highest BCUT2D eigenvalue weighted by molar-refractivity contribution is 5.86. The lowest BCUT2D eigenvalue weighted by molar-refractivity contribution is -0.141. The maximum Gasteiger partial charge on any atom is 0.407 e. The number of primary amides is 1. The highest BCUT2D eigenvalue weighted by atomic mass is 16.5. The van der Waals surface area contributed by atoms with Crippen LogP contribution in [0.4, 0.5) is 4.79 Å². The van der Waals surface area contributed by atoms with Crippen LogP contribution in [0.1, 0.15) is 64.7 Å². The van der Waals surface area contributed by atoms with Gasteiger partial charge in [0.1, 0.15) is 6.04 Å². The maximum absolute atomic E-state index is 11.4. The van der Waals surface area contributed by atoms with Gasteiger partial charge in [-0.05, 0) is 6.42 Å². The predicted molar refractivity (Wildman–Crippen MR) is 82.3 cm³/mol. The lowest BCUT2D eigenvalue weighted by atomic mass is 10.1. The molecule has 1 atom stereocenters. The number of aliphatic carboxylic acids is 1. The largest absolute Gasteiger partial charge is 0.480 e. The molecule has 4 N–H and O–H groups in total. The summed E-state index contributed by atoms with van der Waals surface area (Å²) >= 11 is 0. The van der Waals surface area contributed by atoms with Crippen LogP contribution < -0.4 is 11.1 Å². The second-order valence-corrected chi connectivity index (χ2v) is 5.32. The topological polar surface area (TPSA) is 119 Å². The Morgan fingerprint density at radius 1 is 1.05 bits per heavy atom. The number of hydrogen-bond donors (Lipinski definition) is 3. The van der Waals surface area contributed by atoms with Crippen molar-refractivity contribution in [2.24, 2.45) is 5.73 Å². The van der Waals surface area contributed by atoms with Crippen molar-refractivity contribution >= 4 is 18.0 Å². The Balaban J connectivity index is 3.63. The Morgan fingerprint density at radius 3 is 2.09 bits per heavy atom. The lowest BCUT2D eigenvalue weighted by Gasteiger charge is -2.12. The van der Waals surface area contributed by atoms with Gasteiger partial charge in [0.2, 0.25) is 5.91 Å². The van der Waals surface area contributed by atoms with Crippen LogP contribution in [0.5, 0.6) is 0 Å². The Hall–Kier alpha value is -1.79. The number of unbranched alkanes of at least 4 members (excludes halogenated alkanes) is 7. The average Bonchev–Trinajstić information content (AvgIpc) is 2.44. The van der Waals surface area contributed by atoms with E-state index in [0.717, 1.165) is 19.3 Å². The van der Waals surface area contributed by atoms with Crippen molar-refractivity contribution < 1.29 is 24.2 Å². The van der Waals surface area contributed by atoms with Gasteiger partial charge >= 0.3 is 12.1 Å². The third-order valence-electron chi connectivity index (χ3n) is 3.23. The number of carbonyl (C=O) groups excluding carboxylic acids is 2. The Kier molecular flexibility index (Phi) is 11.9. The quantitative estimate of drug-likeness (QED) is 0.450. The number of amides is 2. The van der Waals surface area contributed by atoms with Crippen LogP contribution in [0.2, 0.25) is 0 Å². The van der Waals surface area contributed by atoms with Gasteiger partial charge in [-0.15, -0.1) is 0 Å². The van der Waals surface area contributed by atoms with Crippen LogP contribution in [-0.2, 0) is 14.3 Å². The molecule has 0 aromatic heterocycles. The summed E-state index contributed by atoms with van der Waals surface area (Å²) in [6, 6.07) is -1.34. The summed E-state index contributed by atoms with van der Waals surface area (Å²) in [6.07, 6.45) is 7.74. The van der Waals surface area contributed by atoms with Crippen molar-refractivity contribution in [2.45, 2.75) is 70.8 Å². The molecule has 22 heavy (non-hydrogen) atoms. The summed E-state index contributed by atoms with van der Waals surface area (Å²) in [5.41, 5.74) is 4.91. The Morgan fingerprint density at radius 2 is 1.59 bits per heavy atom. The zero-order valence-corrected chi connectivity index (χ0v) is 13.3.